The third kappa shape index (κ3) is 2.85. The van der Waals surface area contributed by atoms with Gasteiger partial charge in [-0.15, -0.1) is 5.10 Å². The van der Waals surface area contributed by atoms with E-state index < -0.39 is 0 Å². The van der Waals surface area contributed by atoms with Crippen LogP contribution in [0, 0.1) is 0 Å². The predicted octanol–water partition coefficient (Wildman–Crippen LogP) is 3.61. The van der Waals surface area contributed by atoms with E-state index in [1.807, 2.05) is 36.4 Å². The van der Waals surface area contributed by atoms with Gasteiger partial charge in [-0.3, -0.25) is 0 Å². The van der Waals surface area contributed by atoms with Crippen LogP contribution in [0.15, 0.2) is 47.2 Å². The first-order valence-corrected chi connectivity index (χ1v) is 7.45. The van der Waals surface area contributed by atoms with Crippen LogP contribution in [0.25, 0.3) is 17.1 Å². The van der Waals surface area contributed by atoms with Crippen LogP contribution >= 0.6 is 15.9 Å². The highest BCUT2D eigenvalue weighted by molar-refractivity contribution is 9.10. The van der Waals surface area contributed by atoms with Crippen molar-refractivity contribution in [2.75, 3.05) is 0 Å². The molecule has 0 atom stereocenters. The maximum Gasteiger partial charge on any atom is 0.132 e. The van der Waals surface area contributed by atoms with Crippen LogP contribution in [0.1, 0.15) is 25.6 Å². The van der Waals surface area contributed by atoms with Crippen LogP contribution in [0.2, 0.25) is 0 Å². The minimum atomic E-state index is 0.252. The Balaban J connectivity index is 2.12. The predicted molar refractivity (Wildman–Crippen MR) is 84.2 cm³/mol. The molecule has 0 spiro atoms. The Morgan fingerprint density at radius 2 is 1.86 bits per heavy atom. The molecule has 21 heavy (non-hydrogen) atoms. The average Bonchev–Trinajstić information content (AvgIpc) is 2.97. The molecule has 0 amide bonds. The Kier molecular flexibility index (Phi) is 3.79. The van der Waals surface area contributed by atoms with Gasteiger partial charge in [-0.2, -0.15) is 0 Å². The molecular weight excluding hydrogens is 330 g/mol. The van der Waals surface area contributed by atoms with Gasteiger partial charge in [0.2, 0.25) is 0 Å². The molecule has 0 N–H and O–H groups in total. The van der Waals surface area contributed by atoms with Gasteiger partial charge in [0, 0.05) is 5.92 Å². The maximum atomic E-state index is 4.62. The van der Waals surface area contributed by atoms with Crippen molar-refractivity contribution in [3.05, 3.63) is 53.0 Å². The monoisotopic (exact) mass is 343 g/mol. The van der Waals surface area contributed by atoms with Crippen molar-refractivity contribution in [2.24, 2.45) is 0 Å². The van der Waals surface area contributed by atoms with Crippen molar-refractivity contribution in [3.63, 3.8) is 0 Å². The van der Waals surface area contributed by atoms with Gasteiger partial charge in [-0.25, -0.2) is 14.6 Å². The molecule has 0 unspecified atom stereocenters. The summed E-state index contributed by atoms with van der Waals surface area (Å²) < 4.78 is 2.54. The molecule has 0 aliphatic carbocycles. The number of nitrogens with zero attached hydrogens (tertiary/aromatic N) is 5. The minimum Gasteiger partial charge on any atom is -0.231 e. The molecule has 5 nitrogen and oxygen atoms in total. The largest absolute Gasteiger partial charge is 0.231 e. The molecule has 3 aromatic rings. The lowest BCUT2D eigenvalue weighted by molar-refractivity contribution is 0.765. The summed E-state index contributed by atoms with van der Waals surface area (Å²) >= 11 is 3.45. The van der Waals surface area contributed by atoms with E-state index in [0.29, 0.717) is 0 Å². The van der Waals surface area contributed by atoms with Crippen molar-refractivity contribution in [2.45, 2.75) is 19.8 Å². The van der Waals surface area contributed by atoms with Gasteiger partial charge in [0.05, 0.1) is 17.6 Å². The molecule has 2 heterocycles. The topological polar surface area (TPSA) is 56.5 Å². The summed E-state index contributed by atoms with van der Waals surface area (Å²) in [6, 6.07) is 11.8. The van der Waals surface area contributed by atoms with E-state index in [1.54, 1.807) is 10.9 Å². The van der Waals surface area contributed by atoms with E-state index in [0.717, 1.165) is 27.5 Å². The molecule has 0 saturated heterocycles. The third-order valence-corrected chi connectivity index (χ3v) is 3.45. The minimum absolute atomic E-state index is 0.252. The zero-order chi connectivity index (χ0) is 14.8. The highest BCUT2D eigenvalue weighted by atomic mass is 79.9. The van der Waals surface area contributed by atoms with Gasteiger partial charge in [-0.1, -0.05) is 37.3 Å². The normalized spacial score (nSPS) is 11.0. The second-order valence-corrected chi connectivity index (χ2v) is 5.77. The number of halogens is 1. The van der Waals surface area contributed by atoms with Crippen LogP contribution in [0.5, 0.6) is 0 Å². The van der Waals surface area contributed by atoms with E-state index in [9.17, 15) is 0 Å². The Bertz CT molecular complexity index is 752. The lowest BCUT2D eigenvalue weighted by Gasteiger charge is -2.09. The molecule has 0 saturated carbocycles. The quantitative estimate of drug-likeness (QED) is 0.681. The maximum absolute atomic E-state index is 4.62. The second kappa shape index (κ2) is 5.73. The first-order chi connectivity index (χ1) is 10.1. The molecule has 2 aromatic heterocycles. The summed E-state index contributed by atoms with van der Waals surface area (Å²) in [5, 5.41) is 8.17. The fourth-order valence-corrected chi connectivity index (χ4v) is 2.39. The van der Waals surface area contributed by atoms with Gasteiger partial charge in [0.15, 0.2) is 0 Å². The summed E-state index contributed by atoms with van der Waals surface area (Å²) in [6.07, 6.45) is 1.71. The number of hydrogen-bond donors (Lipinski definition) is 0. The second-order valence-electron chi connectivity index (χ2n) is 4.96. The van der Waals surface area contributed by atoms with Gasteiger partial charge >= 0.3 is 0 Å². The Labute approximate surface area is 131 Å². The summed E-state index contributed by atoms with van der Waals surface area (Å²) in [6.45, 7) is 4.14. The summed E-state index contributed by atoms with van der Waals surface area (Å²) in [5.74, 6) is 1.04. The highest BCUT2D eigenvalue weighted by Gasteiger charge is 2.13. The Hall–Kier alpha value is -2.08. The van der Waals surface area contributed by atoms with E-state index in [-0.39, 0.29) is 5.92 Å². The van der Waals surface area contributed by atoms with Crippen molar-refractivity contribution in [1.82, 2.24) is 25.0 Å². The molecular formula is C15H14BrN5. The van der Waals surface area contributed by atoms with Crippen LogP contribution in [0.4, 0.5) is 0 Å². The molecule has 0 bridgehead atoms. The van der Waals surface area contributed by atoms with E-state index in [4.69, 9.17) is 0 Å². The zero-order valence-electron chi connectivity index (χ0n) is 11.7. The van der Waals surface area contributed by atoms with Gasteiger partial charge in [0.25, 0.3) is 0 Å². The van der Waals surface area contributed by atoms with Crippen LogP contribution in [-0.2, 0) is 0 Å². The van der Waals surface area contributed by atoms with Gasteiger partial charge in [0.1, 0.15) is 16.1 Å². The van der Waals surface area contributed by atoms with Crippen LogP contribution in [-0.4, -0.2) is 25.0 Å². The number of benzene rings is 1. The van der Waals surface area contributed by atoms with Crippen molar-refractivity contribution in [1.29, 1.82) is 0 Å². The molecule has 0 aliphatic rings. The fourth-order valence-electron chi connectivity index (χ4n) is 1.99. The lowest BCUT2D eigenvalue weighted by atomic mass is 10.2. The Morgan fingerprint density at radius 3 is 2.57 bits per heavy atom. The fraction of sp³-hybridized carbons (Fsp3) is 0.200. The van der Waals surface area contributed by atoms with Gasteiger partial charge < -0.3 is 0 Å². The standard InChI is InChI=1S/C15H14BrN5/c1-10(2)15-18-12(8-14(16)19-15)13-9-17-20-21(13)11-6-4-3-5-7-11/h3-10H,1-2H3. The molecule has 6 heteroatoms. The first-order valence-electron chi connectivity index (χ1n) is 6.66. The van der Waals surface area contributed by atoms with E-state index in [1.165, 1.54) is 0 Å². The van der Waals surface area contributed by atoms with E-state index in [2.05, 4.69) is 50.1 Å². The highest BCUT2D eigenvalue weighted by Crippen LogP contribution is 2.24. The summed E-state index contributed by atoms with van der Waals surface area (Å²) in [5.41, 5.74) is 2.59. The van der Waals surface area contributed by atoms with Crippen molar-refractivity contribution < 1.29 is 0 Å². The SMILES string of the molecule is CC(C)c1nc(Br)cc(-c2cnnn2-c2ccccc2)n1. The summed E-state index contributed by atoms with van der Waals surface area (Å²) in [7, 11) is 0. The molecule has 0 radical (unpaired) electrons. The average molecular weight is 344 g/mol. The summed E-state index contributed by atoms with van der Waals surface area (Å²) in [4.78, 5) is 9.02. The number of para-hydroxylation sites is 1. The first kappa shape index (κ1) is 13.9. The van der Waals surface area contributed by atoms with Crippen LogP contribution in [0.3, 0.4) is 0 Å². The third-order valence-electron chi connectivity index (χ3n) is 3.04. The van der Waals surface area contributed by atoms with Gasteiger partial charge in [-0.05, 0) is 34.1 Å². The molecule has 0 aliphatic heterocycles. The van der Waals surface area contributed by atoms with Crippen LogP contribution < -0.4 is 0 Å². The number of rotatable bonds is 3. The molecule has 0 fully saturated rings. The number of hydrogen-bond acceptors (Lipinski definition) is 4. The molecule has 106 valence electrons. The smallest absolute Gasteiger partial charge is 0.132 e. The van der Waals surface area contributed by atoms with Crippen molar-refractivity contribution >= 4 is 15.9 Å². The zero-order valence-corrected chi connectivity index (χ0v) is 13.3. The molecule has 1 aromatic carbocycles. The van der Waals surface area contributed by atoms with Crippen molar-refractivity contribution in [3.8, 4) is 17.1 Å². The Morgan fingerprint density at radius 1 is 1.10 bits per heavy atom. The van der Waals surface area contributed by atoms with E-state index >= 15 is 0 Å². The number of aromatic nitrogens is 5. The lowest BCUT2D eigenvalue weighted by Crippen LogP contribution is -2.03. The molecule has 3 rings (SSSR count).